The van der Waals surface area contributed by atoms with Gasteiger partial charge >= 0.3 is 0 Å². The zero-order chi connectivity index (χ0) is 11.4. The summed E-state index contributed by atoms with van der Waals surface area (Å²) < 4.78 is 0. The van der Waals surface area contributed by atoms with Gasteiger partial charge in [0, 0.05) is 12.6 Å². The molecule has 0 radical (unpaired) electrons. The lowest BCUT2D eigenvalue weighted by molar-refractivity contribution is 0.0592. The van der Waals surface area contributed by atoms with Crippen molar-refractivity contribution in [3.63, 3.8) is 0 Å². The maximum absolute atomic E-state index is 9.83. The quantitative estimate of drug-likeness (QED) is 0.716. The summed E-state index contributed by atoms with van der Waals surface area (Å²) in [5.41, 5.74) is -0.0256. The molecular weight excluding hydrogens is 174 g/mol. The highest BCUT2D eigenvalue weighted by Crippen LogP contribution is 2.18. The van der Waals surface area contributed by atoms with Crippen LogP contribution in [0, 0.1) is 11.3 Å². The Morgan fingerprint density at radius 2 is 1.71 bits per heavy atom. The largest absolute Gasteiger partial charge is 0.391 e. The minimum Gasteiger partial charge on any atom is -0.391 e. The highest BCUT2D eigenvalue weighted by Gasteiger charge is 2.22. The molecule has 0 saturated heterocycles. The lowest BCUT2D eigenvalue weighted by Gasteiger charge is -2.29. The van der Waals surface area contributed by atoms with Gasteiger partial charge in [-0.15, -0.1) is 0 Å². The van der Waals surface area contributed by atoms with E-state index in [4.69, 9.17) is 0 Å². The van der Waals surface area contributed by atoms with Gasteiger partial charge in [-0.2, -0.15) is 0 Å². The summed E-state index contributed by atoms with van der Waals surface area (Å²) in [5, 5.41) is 13.2. The van der Waals surface area contributed by atoms with Gasteiger partial charge < -0.3 is 10.4 Å². The number of hydrogen-bond donors (Lipinski definition) is 2. The number of aliphatic hydroxyl groups is 1. The minimum atomic E-state index is -0.269. The van der Waals surface area contributed by atoms with Crippen LogP contribution in [0.4, 0.5) is 0 Å². The van der Waals surface area contributed by atoms with Gasteiger partial charge in [0.05, 0.1) is 6.10 Å². The maximum atomic E-state index is 9.83. The van der Waals surface area contributed by atoms with E-state index >= 15 is 0 Å². The molecular formula is C12H27NO. The Hall–Kier alpha value is -0.0800. The van der Waals surface area contributed by atoms with Crippen LogP contribution in [-0.2, 0) is 0 Å². The van der Waals surface area contributed by atoms with E-state index in [9.17, 15) is 5.11 Å². The maximum Gasteiger partial charge on any atom is 0.0712 e. The molecule has 2 heteroatoms. The van der Waals surface area contributed by atoms with Crippen LogP contribution in [0.2, 0.25) is 0 Å². The average molecular weight is 201 g/mol. The highest BCUT2D eigenvalue weighted by molar-refractivity contribution is 4.77. The van der Waals surface area contributed by atoms with Crippen LogP contribution in [0.3, 0.4) is 0 Å². The topological polar surface area (TPSA) is 32.3 Å². The fourth-order valence-electron chi connectivity index (χ4n) is 1.16. The Morgan fingerprint density at radius 1 is 1.21 bits per heavy atom. The summed E-state index contributed by atoms with van der Waals surface area (Å²) >= 11 is 0. The summed E-state index contributed by atoms with van der Waals surface area (Å²) in [6, 6.07) is 0.483. The van der Waals surface area contributed by atoms with Crippen molar-refractivity contribution in [1.82, 2.24) is 5.32 Å². The molecule has 2 nitrogen and oxygen atoms in total. The van der Waals surface area contributed by atoms with Crippen molar-refractivity contribution in [2.45, 2.75) is 60.1 Å². The number of rotatable bonds is 5. The SMILES string of the molecule is CCC(C)C(C)NCC(O)C(C)(C)C. The predicted molar refractivity (Wildman–Crippen MR) is 62.4 cm³/mol. The molecule has 0 aromatic heterocycles. The van der Waals surface area contributed by atoms with E-state index in [0.717, 1.165) is 0 Å². The van der Waals surface area contributed by atoms with Crippen LogP contribution in [0.25, 0.3) is 0 Å². The van der Waals surface area contributed by atoms with E-state index in [1.165, 1.54) is 6.42 Å². The van der Waals surface area contributed by atoms with E-state index in [0.29, 0.717) is 18.5 Å². The molecule has 0 saturated carbocycles. The van der Waals surface area contributed by atoms with Crippen molar-refractivity contribution >= 4 is 0 Å². The first-order valence-corrected chi connectivity index (χ1v) is 5.70. The van der Waals surface area contributed by atoms with Gasteiger partial charge in [0.2, 0.25) is 0 Å². The zero-order valence-electron chi connectivity index (χ0n) is 10.6. The third-order valence-electron chi connectivity index (χ3n) is 3.13. The third kappa shape index (κ3) is 4.97. The Bertz CT molecular complexity index is 151. The van der Waals surface area contributed by atoms with Gasteiger partial charge in [-0.05, 0) is 18.3 Å². The second-order valence-corrected chi connectivity index (χ2v) is 5.46. The van der Waals surface area contributed by atoms with Crippen molar-refractivity contribution in [3.05, 3.63) is 0 Å². The van der Waals surface area contributed by atoms with Crippen LogP contribution >= 0.6 is 0 Å². The molecule has 0 aromatic carbocycles. The summed E-state index contributed by atoms with van der Waals surface area (Å²) in [4.78, 5) is 0. The summed E-state index contributed by atoms with van der Waals surface area (Å²) in [6.45, 7) is 13.5. The molecule has 86 valence electrons. The molecule has 0 fully saturated rings. The van der Waals surface area contributed by atoms with Crippen molar-refractivity contribution in [2.24, 2.45) is 11.3 Å². The van der Waals surface area contributed by atoms with Crippen molar-refractivity contribution < 1.29 is 5.11 Å². The van der Waals surface area contributed by atoms with Gasteiger partial charge in [0.1, 0.15) is 0 Å². The normalized spacial score (nSPS) is 19.1. The Morgan fingerprint density at radius 3 is 2.07 bits per heavy atom. The molecule has 0 aliphatic heterocycles. The number of nitrogens with one attached hydrogen (secondary N) is 1. The molecule has 0 bridgehead atoms. The summed E-state index contributed by atoms with van der Waals surface area (Å²) in [7, 11) is 0. The van der Waals surface area contributed by atoms with E-state index in [-0.39, 0.29) is 11.5 Å². The summed E-state index contributed by atoms with van der Waals surface area (Å²) in [5.74, 6) is 0.669. The fourth-order valence-corrected chi connectivity index (χ4v) is 1.16. The van der Waals surface area contributed by atoms with Crippen LogP contribution in [-0.4, -0.2) is 23.8 Å². The first kappa shape index (κ1) is 13.9. The molecule has 2 N–H and O–H groups in total. The molecule has 0 aromatic rings. The standard InChI is InChI=1S/C12H27NO/c1-7-9(2)10(3)13-8-11(14)12(4,5)6/h9-11,13-14H,7-8H2,1-6H3. The fraction of sp³-hybridized carbons (Fsp3) is 1.00. The number of aliphatic hydroxyl groups excluding tert-OH is 1. The predicted octanol–water partition coefficient (Wildman–Crippen LogP) is 2.42. The van der Waals surface area contributed by atoms with Crippen molar-refractivity contribution in [2.75, 3.05) is 6.54 Å². The molecule has 14 heavy (non-hydrogen) atoms. The van der Waals surface area contributed by atoms with Gasteiger partial charge in [-0.25, -0.2) is 0 Å². The van der Waals surface area contributed by atoms with E-state index in [1.54, 1.807) is 0 Å². The van der Waals surface area contributed by atoms with Gasteiger partial charge in [-0.1, -0.05) is 41.0 Å². The van der Waals surface area contributed by atoms with Gasteiger partial charge in [0.15, 0.2) is 0 Å². The van der Waals surface area contributed by atoms with E-state index < -0.39 is 0 Å². The van der Waals surface area contributed by atoms with Crippen LogP contribution < -0.4 is 5.32 Å². The molecule has 0 heterocycles. The molecule has 0 aliphatic rings. The molecule has 0 rings (SSSR count). The third-order valence-corrected chi connectivity index (χ3v) is 3.13. The molecule has 0 amide bonds. The molecule has 0 spiro atoms. The van der Waals surface area contributed by atoms with E-state index in [1.807, 2.05) is 0 Å². The highest BCUT2D eigenvalue weighted by atomic mass is 16.3. The first-order valence-electron chi connectivity index (χ1n) is 5.70. The molecule has 3 unspecified atom stereocenters. The second-order valence-electron chi connectivity index (χ2n) is 5.46. The van der Waals surface area contributed by atoms with Crippen LogP contribution in [0.5, 0.6) is 0 Å². The second kappa shape index (κ2) is 5.72. The smallest absolute Gasteiger partial charge is 0.0712 e. The van der Waals surface area contributed by atoms with Crippen molar-refractivity contribution in [3.8, 4) is 0 Å². The van der Waals surface area contributed by atoms with Crippen molar-refractivity contribution in [1.29, 1.82) is 0 Å². The van der Waals surface area contributed by atoms with Gasteiger partial charge in [-0.3, -0.25) is 0 Å². The Kier molecular flexibility index (Phi) is 5.68. The Labute approximate surface area is 89.1 Å². The number of hydrogen-bond acceptors (Lipinski definition) is 2. The van der Waals surface area contributed by atoms with Crippen LogP contribution in [0.15, 0.2) is 0 Å². The molecule has 0 aliphatic carbocycles. The van der Waals surface area contributed by atoms with E-state index in [2.05, 4.69) is 46.9 Å². The summed E-state index contributed by atoms with van der Waals surface area (Å²) in [6.07, 6.45) is 0.911. The minimum absolute atomic E-state index is 0.0256. The lowest BCUT2D eigenvalue weighted by Crippen LogP contribution is -2.42. The monoisotopic (exact) mass is 201 g/mol. The Balaban J connectivity index is 3.83. The van der Waals surface area contributed by atoms with Crippen LogP contribution in [0.1, 0.15) is 48.0 Å². The first-order chi connectivity index (χ1) is 6.29. The zero-order valence-corrected chi connectivity index (χ0v) is 10.6. The molecule has 3 atom stereocenters. The average Bonchev–Trinajstić information content (AvgIpc) is 2.10. The lowest BCUT2D eigenvalue weighted by atomic mass is 9.89. The van der Waals surface area contributed by atoms with Gasteiger partial charge in [0.25, 0.3) is 0 Å².